The third kappa shape index (κ3) is 5.02. The molecule has 1 aliphatic carbocycles. The van der Waals surface area contributed by atoms with E-state index in [1.54, 1.807) is 0 Å². The molecule has 0 aromatic heterocycles. The van der Waals surface area contributed by atoms with E-state index in [4.69, 9.17) is 9.05 Å². The smallest absolute Gasteiger partial charge is 0.322 e. The lowest BCUT2D eigenvalue weighted by atomic mass is 9.88. The van der Waals surface area contributed by atoms with Gasteiger partial charge in [0.15, 0.2) is 0 Å². The van der Waals surface area contributed by atoms with Crippen molar-refractivity contribution in [3.05, 3.63) is 173 Å². The van der Waals surface area contributed by atoms with E-state index in [0.717, 1.165) is 17.7 Å². The first kappa shape index (κ1) is 29.4. The van der Waals surface area contributed by atoms with Gasteiger partial charge < -0.3 is 9.05 Å². The second-order valence-electron chi connectivity index (χ2n) is 13.0. The summed E-state index contributed by atoms with van der Waals surface area (Å²) in [5.74, 6) is 0.885. The molecule has 0 fully saturated rings. The Morgan fingerprint density at radius 1 is 0.604 bits per heavy atom. The van der Waals surface area contributed by atoms with Crippen LogP contribution in [0, 0.1) is 0 Å². The summed E-state index contributed by atoms with van der Waals surface area (Å²) in [4.78, 5) is 0. The lowest BCUT2D eigenvalue weighted by Crippen LogP contribution is -2.36. The summed E-state index contributed by atoms with van der Waals surface area (Å²) in [5.41, 5.74) is 4.86. The minimum atomic E-state index is -1.56. The van der Waals surface area contributed by atoms with Gasteiger partial charge >= 0.3 is 8.53 Å². The van der Waals surface area contributed by atoms with Gasteiger partial charge in [0.1, 0.15) is 5.75 Å². The predicted octanol–water partition coefficient (Wildman–Crippen LogP) is 10.4. The Bertz CT molecular complexity index is 2390. The van der Waals surface area contributed by atoms with Crippen LogP contribution in [-0.2, 0) is 4.52 Å². The molecule has 7 aromatic rings. The van der Waals surface area contributed by atoms with Gasteiger partial charge in [-0.25, -0.2) is 4.67 Å². The number of hydrogen-bond donors (Lipinski definition) is 0. The largest absolute Gasteiger partial charge is 0.435 e. The lowest BCUT2D eigenvalue weighted by Gasteiger charge is -2.39. The van der Waals surface area contributed by atoms with E-state index in [1.165, 1.54) is 59.5 Å². The van der Waals surface area contributed by atoms with E-state index in [1.807, 2.05) is 0 Å². The van der Waals surface area contributed by atoms with Crippen LogP contribution >= 0.6 is 8.53 Å². The molecule has 3 nitrogen and oxygen atoms in total. The molecule has 7 aromatic carbocycles. The Morgan fingerprint density at radius 2 is 1.17 bits per heavy atom. The average molecular weight is 642 g/mol. The molecule has 0 bridgehead atoms. The quantitative estimate of drug-likeness (QED) is 0.175. The van der Waals surface area contributed by atoms with E-state index < -0.39 is 8.53 Å². The summed E-state index contributed by atoms with van der Waals surface area (Å²) in [6.45, 7) is 4.60. The van der Waals surface area contributed by atoms with Crippen molar-refractivity contribution in [2.45, 2.75) is 38.5 Å². The first-order valence-corrected chi connectivity index (χ1v) is 18.0. The van der Waals surface area contributed by atoms with Gasteiger partial charge in [-0.05, 0) is 92.3 Å². The van der Waals surface area contributed by atoms with Crippen LogP contribution in [-0.4, -0.2) is 10.8 Å². The zero-order valence-corrected chi connectivity index (χ0v) is 28.0. The molecule has 4 heteroatoms. The highest BCUT2D eigenvalue weighted by Crippen LogP contribution is 2.58. The molecule has 0 radical (unpaired) electrons. The highest BCUT2D eigenvalue weighted by Gasteiger charge is 2.40. The van der Waals surface area contributed by atoms with Crippen LogP contribution in [0.2, 0.25) is 0 Å². The van der Waals surface area contributed by atoms with Crippen molar-refractivity contribution >= 4 is 52.5 Å². The molecule has 0 saturated heterocycles. The number of rotatable bonds is 5. The highest BCUT2D eigenvalue weighted by molar-refractivity contribution is 7.45. The minimum Gasteiger partial charge on any atom is -0.435 e. The molecule has 4 atom stereocenters. The summed E-state index contributed by atoms with van der Waals surface area (Å²) >= 11 is 0. The second kappa shape index (κ2) is 12.0. The van der Waals surface area contributed by atoms with Crippen molar-refractivity contribution in [2.24, 2.45) is 0 Å². The third-order valence-electron chi connectivity index (χ3n) is 10.2. The fourth-order valence-electron chi connectivity index (χ4n) is 7.62. The number of fused-ring (bicyclic) bond motifs is 8. The van der Waals surface area contributed by atoms with Crippen molar-refractivity contribution in [3.63, 3.8) is 0 Å². The van der Waals surface area contributed by atoms with E-state index >= 15 is 0 Å². The van der Waals surface area contributed by atoms with Crippen molar-refractivity contribution < 1.29 is 9.05 Å². The summed E-state index contributed by atoms with van der Waals surface area (Å²) < 4.78 is 17.0. The summed E-state index contributed by atoms with van der Waals surface area (Å²) in [5, 5.41) is 9.84. The van der Waals surface area contributed by atoms with E-state index in [0.29, 0.717) is 0 Å². The molecular formula is C44H36NO2P. The molecule has 0 N–H and O–H groups in total. The van der Waals surface area contributed by atoms with Crippen LogP contribution < -0.4 is 15.0 Å². The Morgan fingerprint density at radius 3 is 1.85 bits per heavy atom. The van der Waals surface area contributed by atoms with Crippen LogP contribution in [0.3, 0.4) is 0 Å². The average Bonchev–Trinajstić information content (AvgIpc) is 3.31. The van der Waals surface area contributed by atoms with Gasteiger partial charge in [-0.2, -0.15) is 0 Å². The molecular weight excluding hydrogens is 605 g/mol. The Labute approximate surface area is 282 Å². The molecule has 1 unspecified atom stereocenters. The van der Waals surface area contributed by atoms with E-state index in [9.17, 15) is 0 Å². The standard InChI is InChI=1S/C44H36NO2P/c1-29(35-21-19-31-11-3-5-15-37(31)27-35)45(30(2)36-22-20-32-12-4-6-16-38(32)28-36)48-46-41-25-23-33-13-7-9-17-39(33)43(41)44-40-18-10-8-14-34(40)24-26-42(44)47-48/h3-25,27-30,42H,26H2,1-2H3/t29-,30-,42+,48?/m1/s1. The van der Waals surface area contributed by atoms with Crippen LogP contribution in [0.1, 0.15) is 49.0 Å². The van der Waals surface area contributed by atoms with E-state index in [2.05, 4.69) is 170 Å². The first-order valence-electron chi connectivity index (χ1n) is 16.8. The highest BCUT2D eigenvalue weighted by atomic mass is 31.2. The van der Waals surface area contributed by atoms with Crippen molar-refractivity contribution in [2.75, 3.05) is 0 Å². The minimum absolute atomic E-state index is 0.00694. The third-order valence-corrected chi connectivity index (χ3v) is 12.0. The van der Waals surface area contributed by atoms with Gasteiger partial charge in [0.05, 0.1) is 6.10 Å². The number of benzene rings is 7. The fourth-order valence-corrected chi connectivity index (χ4v) is 9.43. The maximum atomic E-state index is 7.33. The van der Waals surface area contributed by atoms with Gasteiger partial charge in [-0.1, -0.05) is 133 Å². The molecule has 0 amide bonds. The van der Waals surface area contributed by atoms with E-state index in [-0.39, 0.29) is 18.2 Å². The maximum absolute atomic E-state index is 7.33. The summed E-state index contributed by atoms with van der Waals surface area (Å²) in [6.07, 6.45) is 2.98. The maximum Gasteiger partial charge on any atom is 0.322 e. The summed E-state index contributed by atoms with van der Waals surface area (Å²) in [7, 11) is -1.56. The zero-order valence-electron chi connectivity index (χ0n) is 27.1. The van der Waals surface area contributed by atoms with Crippen LogP contribution in [0.25, 0.3) is 44.0 Å². The first-order chi connectivity index (χ1) is 23.6. The van der Waals surface area contributed by atoms with Crippen molar-refractivity contribution in [3.8, 4) is 5.75 Å². The van der Waals surface area contributed by atoms with Gasteiger partial charge in [-0.15, -0.1) is 0 Å². The predicted molar refractivity (Wildman–Crippen MR) is 200 cm³/mol. The SMILES string of the molecule is C[C@H](c1ccc2ccccc2c1)N([C@H](C)c1ccc2ccccc2c1)P1Oc2ccc3ccccc3c2C2=c3ccccc3=CC[C@@H]2O1. The normalized spacial score (nSPS) is 18.4. The molecule has 1 aliphatic heterocycles. The van der Waals surface area contributed by atoms with Gasteiger partial charge in [-0.3, -0.25) is 0 Å². The molecule has 1 heterocycles. The number of hydrogen-bond acceptors (Lipinski definition) is 3. The fraction of sp³-hybridized carbons (Fsp3) is 0.136. The molecule has 48 heavy (non-hydrogen) atoms. The van der Waals surface area contributed by atoms with Crippen LogP contribution in [0.15, 0.2) is 146 Å². The Hall–Kier alpha value is -4.79. The zero-order chi connectivity index (χ0) is 32.2. The molecule has 0 spiro atoms. The molecule has 2 aliphatic rings. The van der Waals surface area contributed by atoms with Gasteiger partial charge in [0, 0.05) is 23.2 Å². The van der Waals surface area contributed by atoms with Crippen molar-refractivity contribution in [1.82, 2.24) is 4.67 Å². The summed E-state index contributed by atoms with van der Waals surface area (Å²) in [6, 6.07) is 52.6. The Balaban J connectivity index is 1.23. The lowest BCUT2D eigenvalue weighted by molar-refractivity contribution is 0.187. The molecule has 234 valence electrons. The number of nitrogens with zero attached hydrogens (tertiary/aromatic N) is 1. The molecule has 9 rings (SSSR count). The molecule has 0 saturated carbocycles. The topological polar surface area (TPSA) is 21.7 Å². The second-order valence-corrected chi connectivity index (χ2v) is 14.3. The monoisotopic (exact) mass is 641 g/mol. The van der Waals surface area contributed by atoms with Crippen LogP contribution in [0.5, 0.6) is 5.75 Å². The van der Waals surface area contributed by atoms with Crippen LogP contribution in [0.4, 0.5) is 0 Å². The van der Waals surface area contributed by atoms with Gasteiger partial charge in [0.25, 0.3) is 0 Å². The van der Waals surface area contributed by atoms with Gasteiger partial charge in [0.2, 0.25) is 0 Å². The Kier molecular flexibility index (Phi) is 7.35. The van der Waals surface area contributed by atoms with Crippen molar-refractivity contribution in [1.29, 1.82) is 0 Å².